The van der Waals surface area contributed by atoms with E-state index in [0.717, 1.165) is 16.9 Å². The third-order valence-electron chi connectivity index (χ3n) is 6.85. The summed E-state index contributed by atoms with van der Waals surface area (Å²) in [5.74, 6) is 0. The predicted molar refractivity (Wildman–Crippen MR) is 147 cm³/mol. The van der Waals surface area contributed by atoms with Crippen molar-refractivity contribution in [2.45, 2.75) is 19.3 Å². The number of anilines is 4. The van der Waals surface area contributed by atoms with Gasteiger partial charge in [0.1, 0.15) is 0 Å². The van der Waals surface area contributed by atoms with Crippen LogP contribution >= 0.6 is 0 Å². The second kappa shape index (κ2) is 10.3. The minimum atomic E-state index is -0.0323. The van der Waals surface area contributed by atoms with Crippen molar-refractivity contribution in [3.05, 3.63) is 145 Å². The average molecular weight is 657 g/mol. The molecule has 4 heteroatoms. The first kappa shape index (κ1) is 25.0. The molecule has 0 unspecified atom stereocenters. The maximum atomic E-state index is 4.22. The number of nitrogens with zero attached hydrogens (tertiary/aromatic N) is 3. The molecule has 0 bridgehead atoms. The van der Waals surface area contributed by atoms with Crippen LogP contribution in [0.5, 0.6) is 0 Å². The van der Waals surface area contributed by atoms with Crippen LogP contribution in [0.1, 0.15) is 25.0 Å². The number of benzene rings is 4. The Labute approximate surface area is 232 Å². The topological polar surface area (TPSA) is 19.4 Å². The van der Waals surface area contributed by atoms with E-state index in [1.807, 2.05) is 48.5 Å². The van der Waals surface area contributed by atoms with E-state index >= 15 is 0 Å². The minimum absolute atomic E-state index is 0. The van der Waals surface area contributed by atoms with Gasteiger partial charge >= 0.3 is 20.1 Å². The van der Waals surface area contributed by atoms with Crippen LogP contribution in [-0.4, -0.2) is 4.98 Å². The number of rotatable bonds is 2. The first-order valence-corrected chi connectivity index (χ1v) is 12.2. The predicted octanol–water partition coefficient (Wildman–Crippen LogP) is 8.08. The molecule has 0 saturated carbocycles. The van der Waals surface area contributed by atoms with Crippen molar-refractivity contribution in [2.24, 2.45) is 0 Å². The minimum Gasteiger partial charge on any atom is -0.493 e. The van der Waals surface area contributed by atoms with Crippen LogP contribution in [0.4, 0.5) is 22.7 Å². The van der Waals surface area contributed by atoms with Crippen LogP contribution in [0.15, 0.2) is 115 Å². The molecule has 3 heterocycles. The maximum Gasteiger partial charge on any atom is 3.00 e. The largest absolute Gasteiger partial charge is 3.00 e. The fourth-order valence-corrected chi connectivity index (χ4v) is 5.03. The quantitative estimate of drug-likeness (QED) is 0.179. The third kappa shape index (κ3) is 4.48. The van der Waals surface area contributed by atoms with E-state index in [1.54, 1.807) is 6.20 Å². The monoisotopic (exact) mass is 657 g/mol. The molecule has 4 aromatic carbocycles. The number of pyridine rings is 1. The molecule has 0 N–H and O–H groups in total. The Balaban J connectivity index is 0.000000183. The normalized spacial score (nSPS) is 14.0. The Morgan fingerprint density at radius 3 is 2.22 bits per heavy atom. The Hall–Kier alpha value is -3.72. The molecule has 0 fully saturated rings. The van der Waals surface area contributed by atoms with Gasteiger partial charge in [-0.25, -0.2) is 0 Å². The van der Waals surface area contributed by atoms with Crippen molar-refractivity contribution < 1.29 is 20.1 Å². The molecule has 1 aromatic heterocycles. The van der Waals surface area contributed by atoms with Gasteiger partial charge < -0.3 is 14.8 Å². The molecule has 37 heavy (non-hydrogen) atoms. The molecule has 0 atom stereocenters. The van der Waals surface area contributed by atoms with Gasteiger partial charge in [0.05, 0.1) is 0 Å². The van der Waals surface area contributed by atoms with E-state index in [4.69, 9.17) is 0 Å². The van der Waals surface area contributed by atoms with E-state index < -0.39 is 0 Å². The number of hydrogen-bond acceptors (Lipinski definition) is 3. The summed E-state index contributed by atoms with van der Waals surface area (Å²) in [5.41, 5.74) is 9.50. The fraction of sp³-hybridized carbons (Fsp3) is 0.0909. The van der Waals surface area contributed by atoms with Gasteiger partial charge in [0.25, 0.3) is 0 Å². The van der Waals surface area contributed by atoms with Gasteiger partial charge in [-0.05, 0) is 40.9 Å². The third-order valence-corrected chi connectivity index (χ3v) is 6.85. The molecule has 0 saturated heterocycles. The first-order valence-electron chi connectivity index (χ1n) is 12.2. The van der Waals surface area contributed by atoms with Gasteiger partial charge in [-0.15, -0.1) is 53.8 Å². The summed E-state index contributed by atoms with van der Waals surface area (Å²) < 4.78 is 0. The standard InChI is InChI=1S/C22H18N2.C11H8N.Ir/c1-22(2)17-11-6-7-13-19(17)24-15-23(16-9-4-3-5-10-16)20-14-8-12-18(22)21(20)24;1-2-6-10(7-3-1)11-8-4-5-9-12-11;/h3-12,14-15H,1-2H3;1-6,8-9H;/q-2;-1;+3. The van der Waals surface area contributed by atoms with E-state index in [1.165, 1.54) is 28.2 Å². The summed E-state index contributed by atoms with van der Waals surface area (Å²) in [5, 5.41) is 0. The van der Waals surface area contributed by atoms with Gasteiger partial charge in [-0.2, -0.15) is 24.3 Å². The van der Waals surface area contributed by atoms with Crippen molar-refractivity contribution in [1.82, 2.24) is 4.98 Å². The number of fused-ring (bicyclic) bond motifs is 2. The molecule has 0 aliphatic carbocycles. The average Bonchev–Trinajstić information content (AvgIpc) is 3.34. The van der Waals surface area contributed by atoms with E-state index in [-0.39, 0.29) is 25.5 Å². The molecule has 0 radical (unpaired) electrons. The Morgan fingerprint density at radius 1 is 0.703 bits per heavy atom. The van der Waals surface area contributed by atoms with Gasteiger partial charge in [0, 0.05) is 23.3 Å². The number of aromatic nitrogens is 1. The second-order valence-electron chi connectivity index (χ2n) is 9.41. The number of hydrogen-bond donors (Lipinski definition) is 0. The van der Waals surface area contributed by atoms with Crippen LogP contribution in [0.2, 0.25) is 0 Å². The zero-order chi connectivity index (χ0) is 24.5. The van der Waals surface area contributed by atoms with Crippen LogP contribution < -0.4 is 9.80 Å². The Kier molecular flexibility index (Phi) is 6.97. The Bertz CT molecular complexity index is 1450. The SMILES string of the molecule is CC1(C)c2ccc[c-]c2N2[CH-]N(c3ccccc3)c3cccc1c32.[Ir+3].[c-]1ccccc1-c1ccccn1. The Morgan fingerprint density at radius 2 is 1.46 bits per heavy atom. The van der Waals surface area contributed by atoms with Gasteiger partial charge in [-0.1, -0.05) is 56.3 Å². The fourth-order valence-electron chi connectivity index (χ4n) is 5.03. The second-order valence-corrected chi connectivity index (χ2v) is 9.41. The summed E-state index contributed by atoms with van der Waals surface area (Å²) in [4.78, 5) is 8.78. The number of para-hydroxylation sites is 3. The van der Waals surface area contributed by atoms with E-state index in [0.29, 0.717) is 0 Å². The molecule has 7 rings (SSSR count). The van der Waals surface area contributed by atoms with Crippen molar-refractivity contribution in [1.29, 1.82) is 0 Å². The smallest absolute Gasteiger partial charge is 0.493 e. The van der Waals surface area contributed by atoms with Crippen molar-refractivity contribution in [2.75, 3.05) is 9.80 Å². The molecule has 2 aliphatic heterocycles. The van der Waals surface area contributed by atoms with Crippen LogP contribution in [0.25, 0.3) is 11.3 Å². The maximum absolute atomic E-state index is 4.22. The van der Waals surface area contributed by atoms with Gasteiger partial charge in [-0.3, -0.25) is 0 Å². The van der Waals surface area contributed by atoms with Crippen LogP contribution in [0.3, 0.4) is 0 Å². The van der Waals surface area contributed by atoms with Crippen LogP contribution in [0, 0.1) is 18.8 Å². The van der Waals surface area contributed by atoms with Gasteiger partial charge in [0.15, 0.2) is 0 Å². The molecule has 5 aromatic rings. The van der Waals surface area contributed by atoms with E-state index in [9.17, 15) is 0 Å². The summed E-state index contributed by atoms with van der Waals surface area (Å²) in [6.45, 7) is 6.80. The molecule has 0 spiro atoms. The van der Waals surface area contributed by atoms with Crippen molar-refractivity contribution in [3.63, 3.8) is 0 Å². The molecule has 3 nitrogen and oxygen atoms in total. The summed E-state index contributed by atoms with van der Waals surface area (Å²) >= 11 is 0. The first-order chi connectivity index (χ1) is 17.6. The molecule has 2 aliphatic rings. The van der Waals surface area contributed by atoms with Crippen molar-refractivity contribution in [3.8, 4) is 11.3 Å². The van der Waals surface area contributed by atoms with E-state index in [2.05, 4.69) is 108 Å². The van der Waals surface area contributed by atoms with Gasteiger partial charge in [0.2, 0.25) is 0 Å². The zero-order valence-electron chi connectivity index (χ0n) is 20.7. The molecule has 182 valence electrons. The molecular weight excluding hydrogens is 631 g/mol. The summed E-state index contributed by atoms with van der Waals surface area (Å²) in [7, 11) is 0. The zero-order valence-corrected chi connectivity index (χ0v) is 23.1. The molecule has 0 amide bonds. The summed E-state index contributed by atoms with van der Waals surface area (Å²) in [6, 6.07) is 43.7. The van der Waals surface area contributed by atoms with Crippen LogP contribution in [-0.2, 0) is 25.5 Å². The van der Waals surface area contributed by atoms with Crippen molar-refractivity contribution >= 4 is 22.7 Å². The summed E-state index contributed by atoms with van der Waals surface area (Å²) in [6.07, 6.45) is 1.79. The molecular formula is C33H26IrN3.